The lowest BCUT2D eigenvalue weighted by Crippen LogP contribution is -2.43. The number of fused-ring (bicyclic) bond motifs is 1. The Hall–Kier alpha value is -3.52. The molecule has 0 radical (unpaired) electrons. The molecule has 2 saturated heterocycles. The van der Waals surface area contributed by atoms with E-state index in [1.165, 1.54) is 6.20 Å². The van der Waals surface area contributed by atoms with Gasteiger partial charge in [-0.05, 0) is 56.0 Å². The highest BCUT2D eigenvalue weighted by atomic mass is 16.6. The molecule has 1 spiro atoms. The number of rotatable bonds is 6. The van der Waals surface area contributed by atoms with Gasteiger partial charge in [-0.15, -0.1) is 0 Å². The number of hydrogen-bond donors (Lipinski definition) is 1. The van der Waals surface area contributed by atoms with Gasteiger partial charge in [0.1, 0.15) is 11.5 Å². The van der Waals surface area contributed by atoms with Crippen molar-refractivity contribution in [2.24, 2.45) is 11.8 Å². The normalized spacial score (nSPS) is 29.0. The van der Waals surface area contributed by atoms with Gasteiger partial charge in [0.15, 0.2) is 0 Å². The number of carbonyl (C=O) groups excluding carboxylic acids is 3. The molecule has 1 aromatic heterocycles. The zero-order chi connectivity index (χ0) is 25.7. The van der Waals surface area contributed by atoms with Crippen LogP contribution in [0.4, 0.5) is 5.69 Å². The van der Waals surface area contributed by atoms with E-state index in [-0.39, 0.29) is 17.9 Å². The first-order chi connectivity index (χ1) is 17.8. The van der Waals surface area contributed by atoms with E-state index >= 15 is 0 Å². The highest BCUT2D eigenvalue weighted by molar-refractivity contribution is 6.03. The minimum atomic E-state index is -1.15. The predicted octanol–water partition coefficient (Wildman–Crippen LogP) is 3.33. The minimum Gasteiger partial charge on any atom is -0.447 e. The molecule has 1 aromatic carbocycles. The Balaban J connectivity index is 1.26. The SMILES string of the molecule is Cc1cc(C)cc(N2C[C@@]34C=C[C@H](O3)[C@H](C(=O)O[C@H](C(=O)NC3CCCC3)c3cccnc3)[C@@H]4C2=O)c1. The van der Waals surface area contributed by atoms with E-state index in [9.17, 15) is 14.4 Å². The number of amides is 2. The number of aromatic nitrogens is 1. The van der Waals surface area contributed by atoms with E-state index in [0.29, 0.717) is 12.1 Å². The highest BCUT2D eigenvalue weighted by Gasteiger charge is 2.67. The third-order valence-electron chi connectivity index (χ3n) is 8.05. The van der Waals surface area contributed by atoms with Crippen molar-refractivity contribution in [2.45, 2.75) is 63.4 Å². The lowest BCUT2D eigenvalue weighted by atomic mass is 9.77. The Kier molecular flexibility index (Phi) is 5.87. The van der Waals surface area contributed by atoms with Crippen LogP contribution in [0.2, 0.25) is 0 Å². The van der Waals surface area contributed by atoms with Crippen LogP contribution in [0.5, 0.6) is 0 Å². The summed E-state index contributed by atoms with van der Waals surface area (Å²) in [6.07, 6.45) is 9.16. The summed E-state index contributed by atoms with van der Waals surface area (Å²) in [6, 6.07) is 9.50. The monoisotopic (exact) mass is 501 g/mol. The van der Waals surface area contributed by atoms with E-state index in [0.717, 1.165) is 42.5 Å². The summed E-state index contributed by atoms with van der Waals surface area (Å²) in [7, 11) is 0. The molecular formula is C29H31N3O5. The van der Waals surface area contributed by atoms with Crippen LogP contribution in [0.25, 0.3) is 0 Å². The van der Waals surface area contributed by atoms with E-state index in [4.69, 9.17) is 9.47 Å². The van der Waals surface area contributed by atoms with Gasteiger partial charge in [-0.1, -0.05) is 37.1 Å². The molecule has 3 fully saturated rings. The van der Waals surface area contributed by atoms with Gasteiger partial charge in [0.05, 0.1) is 18.6 Å². The number of nitrogens with zero attached hydrogens (tertiary/aromatic N) is 2. The topological polar surface area (TPSA) is 97.8 Å². The first kappa shape index (κ1) is 23.9. The second kappa shape index (κ2) is 9.10. The number of benzene rings is 1. The van der Waals surface area contributed by atoms with Crippen molar-refractivity contribution in [1.29, 1.82) is 0 Å². The van der Waals surface area contributed by atoms with Crippen molar-refractivity contribution in [1.82, 2.24) is 10.3 Å². The first-order valence-corrected chi connectivity index (χ1v) is 13.0. The quantitative estimate of drug-likeness (QED) is 0.482. The Morgan fingerprint density at radius 1 is 1.19 bits per heavy atom. The van der Waals surface area contributed by atoms with Crippen LogP contribution in [-0.2, 0) is 23.9 Å². The molecule has 37 heavy (non-hydrogen) atoms. The molecule has 2 amide bonds. The van der Waals surface area contributed by atoms with E-state index < -0.39 is 35.6 Å². The second-order valence-electron chi connectivity index (χ2n) is 10.8. The fourth-order valence-electron chi connectivity index (χ4n) is 6.44. The Bertz CT molecular complexity index is 1250. The maximum atomic E-state index is 13.7. The van der Waals surface area contributed by atoms with Crippen LogP contribution >= 0.6 is 0 Å². The smallest absolute Gasteiger partial charge is 0.314 e. The molecular weight excluding hydrogens is 470 g/mol. The molecule has 4 aliphatic rings. The maximum Gasteiger partial charge on any atom is 0.314 e. The van der Waals surface area contributed by atoms with Crippen molar-refractivity contribution in [3.05, 3.63) is 71.6 Å². The number of hydrogen-bond acceptors (Lipinski definition) is 6. The van der Waals surface area contributed by atoms with Crippen LogP contribution < -0.4 is 10.2 Å². The van der Waals surface area contributed by atoms with E-state index in [2.05, 4.69) is 16.4 Å². The number of anilines is 1. The van der Waals surface area contributed by atoms with Crippen LogP contribution in [0, 0.1) is 25.7 Å². The number of esters is 1. The molecule has 6 rings (SSSR count). The van der Waals surface area contributed by atoms with Gasteiger partial charge in [-0.25, -0.2) is 0 Å². The Morgan fingerprint density at radius 2 is 1.95 bits per heavy atom. The van der Waals surface area contributed by atoms with Crippen molar-refractivity contribution < 1.29 is 23.9 Å². The molecule has 0 unspecified atom stereocenters. The van der Waals surface area contributed by atoms with Gasteiger partial charge in [0.25, 0.3) is 5.91 Å². The molecule has 1 saturated carbocycles. The van der Waals surface area contributed by atoms with Crippen molar-refractivity contribution in [3.8, 4) is 0 Å². The molecule has 1 aliphatic carbocycles. The molecule has 4 heterocycles. The van der Waals surface area contributed by atoms with Gasteiger partial charge < -0.3 is 19.7 Å². The molecule has 3 aliphatic heterocycles. The van der Waals surface area contributed by atoms with Gasteiger partial charge in [-0.3, -0.25) is 19.4 Å². The average molecular weight is 502 g/mol. The molecule has 1 N–H and O–H groups in total. The van der Waals surface area contributed by atoms with Gasteiger partial charge in [0, 0.05) is 29.7 Å². The van der Waals surface area contributed by atoms with Crippen LogP contribution in [0.3, 0.4) is 0 Å². The van der Waals surface area contributed by atoms with E-state index in [1.54, 1.807) is 23.2 Å². The molecule has 8 heteroatoms. The second-order valence-corrected chi connectivity index (χ2v) is 10.8. The standard InChI is InChI=1S/C29H31N3O5/c1-17-12-18(2)14-21(13-17)32-16-29-10-9-22(37-29)23(24(29)27(32)34)28(35)36-25(19-6-5-11-30-15-19)26(33)31-20-7-3-4-8-20/h5-6,9-15,20,22-25H,3-4,7-8,16H2,1-2H3,(H,31,33)/t22-,23-,24+,25-,29+/m0/s1. The molecule has 2 aromatic rings. The minimum absolute atomic E-state index is 0.0742. The van der Waals surface area contributed by atoms with Crippen molar-refractivity contribution in [2.75, 3.05) is 11.4 Å². The fraction of sp³-hybridized carbons (Fsp3) is 0.448. The number of ether oxygens (including phenoxy) is 2. The average Bonchev–Trinajstić information content (AvgIpc) is 3.65. The van der Waals surface area contributed by atoms with Gasteiger partial charge in [-0.2, -0.15) is 0 Å². The van der Waals surface area contributed by atoms with E-state index in [1.807, 2.05) is 38.1 Å². The fourth-order valence-corrected chi connectivity index (χ4v) is 6.44. The summed E-state index contributed by atoms with van der Waals surface area (Å²) in [5.74, 6) is -2.66. The van der Waals surface area contributed by atoms with Gasteiger partial charge in [0.2, 0.25) is 12.0 Å². The predicted molar refractivity (Wildman–Crippen MR) is 135 cm³/mol. The summed E-state index contributed by atoms with van der Waals surface area (Å²) in [5.41, 5.74) is 2.53. The summed E-state index contributed by atoms with van der Waals surface area (Å²) in [6.45, 7) is 4.32. The zero-order valence-corrected chi connectivity index (χ0v) is 21.1. The molecule has 5 atom stereocenters. The van der Waals surface area contributed by atoms with Crippen LogP contribution in [0.1, 0.15) is 48.5 Å². The molecule has 2 bridgehead atoms. The number of nitrogens with one attached hydrogen (secondary N) is 1. The van der Waals surface area contributed by atoms with Crippen molar-refractivity contribution in [3.63, 3.8) is 0 Å². The number of pyridine rings is 1. The third-order valence-corrected chi connectivity index (χ3v) is 8.05. The largest absolute Gasteiger partial charge is 0.447 e. The Morgan fingerprint density at radius 3 is 2.65 bits per heavy atom. The Labute approximate surface area is 216 Å². The van der Waals surface area contributed by atoms with Crippen molar-refractivity contribution >= 4 is 23.5 Å². The molecule has 192 valence electrons. The van der Waals surface area contributed by atoms with Gasteiger partial charge >= 0.3 is 5.97 Å². The van der Waals surface area contributed by atoms with Crippen LogP contribution in [0.15, 0.2) is 54.9 Å². The number of carbonyl (C=O) groups is 3. The lowest BCUT2D eigenvalue weighted by Gasteiger charge is -2.26. The summed E-state index contributed by atoms with van der Waals surface area (Å²) < 4.78 is 12.2. The summed E-state index contributed by atoms with van der Waals surface area (Å²) >= 11 is 0. The van der Waals surface area contributed by atoms with Crippen LogP contribution in [-0.4, -0.2) is 47.1 Å². The first-order valence-electron chi connectivity index (χ1n) is 13.0. The molecule has 8 nitrogen and oxygen atoms in total. The highest BCUT2D eigenvalue weighted by Crippen LogP contribution is 2.53. The maximum absolute atomic E-state index is 13.7. The zero-order valence-electron chi connectivity index (χ0n) is 21.1. The third kappa shape index (κ3) is 4.13. The lowest BCUT2D eigenvalue weighted by molar-refractivity contribution is -0.163. The summed E-state index contributed by atoms with van der Waals surface area (Å²) in [5, 5.41) is 3.04. The summed E-state index contributed by atoms with van der Waals surface area (Å²) in [4.78, 5) is 46.5. The number of aryl methyl sites for hydroxylation is 2.